The van der Waals surface area contributed by atoms with Gasteiger partial charge in [-0.1, -0.05) is 0 Å². The van der Waals surface area contributed by atoms with Gasteiger partial charge in [0, 0.05) is 11.1 Å². The number of nitriles is 1. The number of aryl methyl sites for hydroxylation is 1. The number of ether oxygens (including phenoxy) is 1. The lowest BCUT2D eigenvalue weighted by Crippen LogP contribution is -2.00. The van der Waals surface area contributed by atoms with Gasteiger partial charge in [0.2, 0.25) is 0 Å². The third-order valence-corrected chi connectivity index (χ3v) is 3.37. The summed E-state index contributed by atoms with van der Waals surface area (Å²) in [6.45, 7) is 2.03. The summed E-state index contributed by atoms with van der Waals surface area (Å²) in [5.74, 6) is -0.647. The summed E-state index contributed by atoms with van der Waals surface area (Å²) in [5, 5.41) is 17.8. The van der Waals surface area contributed by atoms with Gasteiger partial charge in [-0.15, -0.1) is 11.3 Å². The molecular weight excluding hydrogens is 264 g/mol. The molecule has 0 aliphatic heterocycles. The summed E-state index contributed by atoms with van der Waals surface area (Å²) in [4.78, 5) is 15.9. The van der Waals surface area contributed by atoms with Crippen molar-refractivity contribution in [2.75, 3.05) is 0 Å². The Morgan fingerprint density at radius 2 is 2.37 bits per heavy atom. The third kappa shape index (κ3) is 3.09. The Bertz CT molecular complexity index is 658. The average Bonchev–Trinajstić information content (AvgIpc) is 2.78. The largest absolute Gasteiger partial charge is 0.487 e. The van der Waals surface area contributed by atoms with Crippen molar-refractivity contribution in [3.05, 3.63) is 45.4 Å². The Balaban J connectivity index is 2.14. The highest BCUT2D eigenvalue weighted by Gasteiger charge is 2.15. The Morgan fingerprint density at radius 1 is 1.58 bits per heavy atom. The van der Waals surface area contributed by atoms with Gasteiger partial charge in [-0.25, -0.2) is 9.78 Å². The second-order valence-electron chi connectivity index (χ2n) is 3.81. The maximum Gasteiger partial charge on any atom is 0.349 e. The molecule has 96 valence electrons. The van der Waals surface area contributed by atoms with Gasteiger partial charge in [0.25, 0.3) is 0 Å². The molecule has 19 heavy (non-hydrogen) atoms. The van der Waals surface area contributed by atoms with Crippen LogP contribution in [0.25, 0.3) is 0 Å². The minimum atomic E-state index is -0.999. The molecule has 5 nitrogen and oxygen atoms in total. The molecule has 0 aliphatic rings. The number of nitrogens with zero attached hydrogens (tertiary/aromatic N) is 2. The average molecular weight is 274 g/mol. The van der Waals surface area contributed by atoms with E-state index in [1.54, 1.807) is 18.2 Å². The standard InChI is InChI=1S/C13H10N2O3S/c1-8-4-11(12(19-8)13(16)17)18-7-9-2-3-15-10(5-9)6-14/h2-5H,7H2,1H3,(H,16,17). The number of carboxylic acids is 1. The van der Waals surface area contributed by atoms with Gasteiger partial charge in [0.1, 0.15) is 24.1 Å². The van der Waals surface area contributed by atoms with Crippen molar-refractivity contribution in [1.82, 2.24) is 4.98 Å². The summed E-state index contributed by atoms with van der Waals surface area (Å²) >= 11 is 1.18. The van der Waals surface area contributed by atoms with E-state index in [0.29, 0.717) is 11.4 Å². The van der Waals surface area contributed by atoms with Gasteiger partial charge in [0.15, 0.2) is 4.88 Å². The minimum absolute atomic E-state index is 0.187. The molecular formula is C13H10N2O3S. The third-order valence-electron chi connectivity index (χ3n) is 2.35. The van der Waals surface area contributed by atoms with Crippen molar-refractivity contribution in [2.24, 2.45) is 0 Å². The van der Waals surface area contributed by atoms with E-state index in [1.807, 2.05) is 13.0 Å². The van der Waals surface area contributed by atoms with Crippen LogP contribution in [0.5, 0.6) is 5.75 Å². The predicted molar refractivity (Wildman–Crippen MR) is 69.3 cm³/mol. The molecule has 0 radical (unpaired) electrons. The number of carbonyl (C=O) groups is 1. The Kier molecular flexibility index (Phi) is 3.78. The predicted octanol–water partition coefficient (Wildman–Crippen LogP) is 2.60. The smallest absolute Gasteiger partial charge is 0.349 e. The van der Waals surface area contributed by atoms with Crippen molar-refractivity contribution in [3.63, 3.8) is 0 Å². The molecule has 0 amide bonds. The van der Waals surface area contributed by atoms with Crippen molar-refractivity contribution in [3.8, 4) is 11.8 Å². The van der Waals surface area contributed by atoms with Crippen molar-refractivity contribution < 1.29 is 14.6 Å². The second kappa shape index (κ2) is 5.50. The number of rotatable bonds is 4. The summed E-state index contributed by atoms with van der Waals surface area (Å²) < 4.78 is 5.50. The van der Waals surface area contributed by atoms with E-state index in [1.165, 1.54) is 17.5 Å². The lowest BCUT2D eigenvalue weighted by molar-refractivity contribution is 0.0697. The van der Waals surface area contributed by atoms with E-state index in [4.69, 9.17) is 15.1 Å². The van der Waals surface area contributed by atoms with E-state index in [-0.39, 0.29) is 11.5 Å². The summed E-state index contributed by atoms with van der Waals surface area (Å²) in [6, 6.07) is 6.97. The Hall–Kier alpha value is -2.39. The maximum atomic E-state index is 11.0. The van der Waals surface area contributed by atoms with Gasteiger partial charge < -0.3 is 9.84 Å². The van der Waals surface area contributed by atoms with Gasteiger partial charge in [-0.2, -0.15) is 5.26 Å². The van der Waals surface area contributed by atoms with Crippen molar-refractivity contribution in [1.29, 1.82) is 5.26 Å². The zero-order valence-corrected chi connectivity index (χ0v) is 10.9. The molecule has 2 aromatic rings. The van der Waals surface area contributed by atoms with Gasteiger partial charge in [-0.3, -0.25) is 0 Å². The van der Waals surface area contributed by atoms with E-state index in [2.05, 4.69) is 4.98 Å². The first-order chi connectivity index (χ1) is 9.10. The fourth-order valence-electron chi connectivity index (χ4n) is 1.53. The van der Waals surface area contributed by atoms with Crippen LogP contribution in [0.1, 0.15) is 25.8 Å². The fourth-order valence-corrected chi connectivity index (χ4v) is 2.33. The van der Waals surface area contributed by atoms with Gasteiger partial charge >= 0.3 is 5.97 Å². The molecule has 6 heteroatoms. The van der Waals surface area contributed by atoms with Crippen molar-refractivity contribution in [2.45, 2.75) is 13.5 Å². The highest BCUT2D eigenvalue weighted by Crippen LogP contribution is 2.29. The van der Waals surface area contributed by atoms with Crippen LogP contribution in [0.2, 0.25) is 0 Å². The fraction of sp³-hybridized carbons (Fsp3) is 0.154. The Labute approximate surface area is 113 Å². The van der Waals surface area contributed by atoms with Crippen LogP contribution in [-0.4, -0.2) is 16.1 Å². The number of aromatic nitrogens is 1. The molecule has 2 heterocycles. The van der Waals surface area contributed by atoms with Crippen molar-refractivity contribution >= 4 is 17.3 Å². The summed E-state index contributed by atoms with van der Waals surface area (Å²) in [5.41, 5.74) is 1.08. The Morgan fingerprint density at radius 3 is 3.05 bits per heavy atom. The first-order valence-electron chi connectivity index (χ1n) is 5.41. The van der Waals surface area contributed by atoms with Crippen LogP contribution in [0, 0.1) is 18.3 Å². The van der Waals surface area contributed by atoms with Crippen LogP contribution in [-0.2, 0) is 6.61 Å². The molecule has 0 bridgehead atoms. The molecule has 0 fully saturated rings. The highest BCUT2D eigenvalue weighted by atomic mass is 32.1. The zero-order chi connectivity index (χ0) is 13.8. The number of carboxylic acid groups (broad SMARTS) is 1. The SMILES string of the molecule is Cc1cc(OCc2ccnc(C#N)c2)c(C(=O)O)s1. The number of hydrogen-bond donors (Lipinski definition) is 1. The van der Waals surface area contributed by atoms with Crippen LogP contribution in [0.3, 0.4) is 0 Å². The summed E-state index contributed by atoms with van der Waals surface area (Å²) in [7, 11) is 0. The normalized spacial score (nSPS) is 9.89. The summed E-state index contributed by atoms with van der Waals surface area (Å²) in [6.07, 6.45) is 1.52. The molecule has 0 atom stereocenters. The van der Waals surface area contributed by atoms with E-state index >= 15 is 0 Å². The molecule has 1 N–H and O–H groups in total. The number of hydrogen-bond acceptors (Lipinski definition) is 5. The highest BCUT2D eigenvalue weighted by molar-refractivity contribution is 7.14. The van der Waals surface area contributed by atoms with Gasteiger partial charge in [-0.05, 0) is 30.7 Å². The molecule has 0 aromatic carbocycles. The zero-order valence-electron chi connectivity index (χ0n) is 10.1. The number of pyridine rings is 1. The van der Waals surface area contributed by atoms with Crippen LogP contribution in [0.4, 0.5) is 0 Å². The lowest BCUT2D eigenvalue weighted by Gasteiger charge is -2.05. The monoisotopic (exact) mass is 274 g/mol. The second-order valence-corrected chi connectivity index (χ2v) is 5.06. The molecule has 0 unspecified atom stereocenters. The quantitative estimate of drug-likeness (QED) is 0.926. The number of aromatic carboxylic acids is 1. The van der Waals surface area contributed by atoms with E-state index in [0.717, 1.165) is 10.4 Å². The molecule has 0 spiro atoms. The van der Waals surface area contributed by atoms with Crippen LogP contribution >= 0.6 is 11.3 Å². The molecule has 2 aromatic heterocycles. The molecule has 0 saturated heterocycles. The maximum absolute atomic E-state index is 11.0. The molecule has 0 saturated carbocycles. The number of thiophene rings is 1. The van der Waals surface area contributed by atoms with E-state index in [9.17, 15) is 4.79 Å². The first kappa shape index (κ1) is 13.1. The van der Waals surface area contributed by atoms with E-state index < -0.39 is 5.97 Å². The first-order valence-corrected chi connectivity index (χ1v) is 6.23. The molecule has 0 aliphatic carbocycles. The lowest BCUT2D eigenvalue weighted by atomic mass is 10.2. The minimum Gasteiger partial charge on any atom is -0.487 e. The van der Waals surface area contributed by atoms with Crippen LogP contribution in [0.15, 0.2) is 24.4 Å². The topological polar surface area (TPSA) is 83.2 Å². The van der Waals surface area contributed by atoms with Crippen LogP contribution < -0.4 is 4.74 Å². The molecule has 2 rings (SSSR count). The van der Waals surface area contributed by atoms with Gasteiger partial charge in [0.05, 0.1) is 0 Å².